The molecule has 0 aliphatic carbocycles. The lowest BCUT2D eigenvalue weighted by atomic mass is 10.1. The van der Waals surface area contributed by atoms with E-state index in [9.17, 15) is 4.79 Å². The Morgan fingerprint density at radius 1 is 1.42 bits per heavy atom. The van der Waals surface area contributed by atoms with Gasteiger partial charge in [0.05, 0.1) is 6.10 Å². The molecule has 0 aliphatic heterocycles. The van der Waals surface area contributed by atoms with Crippen LogP contribution in [0.1, 0.15) is 30.9 Å². The highest BCUT2D eigenvalue weighted by Crippen LogP contribution is 2.18. The third-order valence-corrected chi connectivity index (χ3v) is 2.82. The second kappa shape index (κ2) is 7.79. The number of ether oxygens (including phenoxy) is 1. The predicted octanol–water partition coefficient (Wildman–Crippen LogP) is 1.96. The first-order chi connectivity index (χ1) is 8.99. The number of benzene rings is 1. The number of nitrogens with one attached hydrogen (secondary N) is 1. The molecule has 0 radical (unpaired) electrons. The molecule has 1 rings (SSSR count). The Bertz CT molecular complexity index is 416. The van der Waals surface area contributed by atoms with Gasteiger partial charge in [0.25, 0.3) is 5.91 Å². The zero-order valence-corrected chi connectivity index (χ0v) is 11.9. The van der Waals surface area contributed by atoms with Crippen LogP contribution in [0, 0.1) is 13.8 Å². The zero-order valence-electron chi connectivity index (χ0n) is 11.9. The van der Waals surface area contributed by atoms with Crippen molar-refractivity contribution in [3.63, 3.8) is 0 Å². The first-order valence-electron chi connectivity index (χ1n) is 6.64. The average molecular weight is 265 g/mol. The van der Waals surface area contributed by atoms with Crippen LogP contribution in [0.5, 0.6) is 5.75 Å². The van der Waals surface area contributed by atoms with Crippen LogP contribution in [0.25, 0.3) is 0 Å². The minimum atomic E-state index is -0.317. The Morgan fingerprint density at radius 2 is 2.16 bits per heavy atom. The molecule has 0 heterocycles. The molecule has 1 atom stereocenters. The number of aryl methyl sites for hydroxylation is 2. The Balaban J connectivity index is 2.28. The van der Waals surface area contributed by atoms with Gasteiger partial charge in [-0.15, -0.1) is 0 Å². The van der Waals surface area contributed by atoms with Crippen LogP contribution in [0.2, 0.25) is 0 Å². The van der Waals surface area contributed by atoms with Gasteiger partial charge in [0.2, 0.25) is 0 Å². The molecule has 0 aliphatic rings. The van der Waals surface area contributed by atoms with Crippen LogP contribution >= 0.6 is 0 Å². The summed E-state index contributed by atoms with van der Waals surface area (Å²) < 4.78 is 5.50. The summed E-state index contributed by atoms with van der Waals surface area (Å²) in [5, 5.41) is 11.9. The van der Waals surface area contributed by atoms with Gasteiger partial charge < -0.3 is 15.2 Å². The summed E-state index contributed by atoms with van der Waals surface area (Å²) in [7, 11) is 0. The van der Waals surface area contributed by atoms with Gasteiger partial charge in [0, 0.05) is 6.54 Å². The fraction of sp³-hybridized carbons (Fsp3) is 0.533. The number of carbonyl (C=O) groups is 1. The van der Waals surface area contributed by atoms with Gasteiger partial charge in [-0.05, 0) is 50.8 Å². The highest BCUT2D eigenvalue weighted by Gasteiger charge is 2.05. The molecule has 0 bridgehead atoms. The van der Waals surface area contributed by atoms with E-state index in [0.29, 0.717) is 13.0 Å². The van der Waals surface area contributed by atoms with Gasteiger partial charge in [0.1, 0.15) is 5.75 Å². The number of aliphatic hydroxyl groups is 1. The van der Waals surface area contributed by atoms with E-state index in [4.69, 9.17) is 9.84 Å². The number of aliphatic hydroxyl groups excluding tert-OH is 1. The SMILES string of the molecule is Cc1ccc(C)c(OCC(=O)NCCCC(C)O)c1. The summed E-state index contributed by atoms with van der Waals surface area (Å²) in [6.07, 6.45) is 1.15. The van der Waals surface area contributed by atoms with Crippen LogP contribution in [0.15, 0.2) is 18.2 Å². The first-order valence-corrected chi connectivity index (χ1v) is 6.64. The molecule has 0 fully saturated rings. The molecule has 106 valence electrons. The molecule has 4 heteroatoms. The molecular formula is C15H23NO3. The monoisotopic (exact) mass is 265 g/mol. The fourth-order valence-electron chi connectivity index (χ4n) is 1.68. The van der Waals surface area contributed by atoms with E-state index in [1.165, 1.54) is 0 Å². The highest BCUT2D eigenvalue weighted by atomic mass is 16.5. The summed E-state index contributed by atoms with van der Waals surface area (Å²) in [5.74, 6) is 0.616. The largest absolute Gasteiger partial charge is 0.483 e. The van der Waals surface area contributed by atoms with Gasteiger partial charge in [-0.1, -0.05) is 12.1 Å². The standard InChI is InChI=1S/C15H23NO3/c1-11-6-7-12(2)14(9-11)19-10-15(18)16-8-4-5-13(3)17/h6-7,9,13,17H,4-5,8,10H2,1-3H3,(H,16,18). The normalized spacial score (nSPS) is 12.0. The molecule has 0 saturated heterocycles. The Labute approximate surface area is 114 Å². The number of amides is 1. The lowest BCUT2D eigenvalue weighted by molar-refractivity contribution is -0.123. The maximum Gasteiger partial charge on any atom is 0.257 e. The van der Waals surface area contributed by atoms with Crippen LogP contribution < -0.4 is 10.1 Å². The van der Waals surface area contributed by atoms with Crippen molar-refractivity contribution in [1.29, 1.82) is 0 Å². The molecule has 1 aromatic carbocycles. The predicted molar refractivity (Wildman–Crippen MR) is 75.3 cm³/mol. The van der Waals surface area contributed by atoms with E-state index in [1.807, 2.05) is 32.0 Å². The highest BCUT2D eigenvalue weighted by molar-refractivity contribution is 5.77. The lowest BCUT2D eigenvalue weighted by Crippen LogP contribution is -2.30. The second-order valence-corrected chi connectivity index (χ2v) is 4.90. The third-order valence-electron chi connectivity index (χ3n) is 2.82. The number of carbonyl (C=O) groups excluding carboxylic acids is 1. The van der Waals surface area contributed by atoms with Crippen molar-refractivity contribution in [2.45, 2.75) is 39.7 Å². The van der Waals surface area contributed by atoms with Crippen LogP contribution in [0.4, 0.5) is 0 Å². The van der Waals surface area contributed by atoms with E-state index in [1.54, 1.807) is 6.92 Å². The smallest absolute Gasteiger partial charge is 0.257 e. The van der Waals surface area contributed by atoms with E-state index in [0.717, 1.165) is 23.3 Å². The Kier molecular flexibility index (Phi) is 6.36. The van der Waals surface area contributed by atoms with Crippen LogP contribution in [0.3, 0.4) is 0 Å². The fourth-order valence-corrected chi connectivity index (χ4v) is 1.68. The van der Waals surface area contributed by atoms with Crippen molar-refractivity contribution >= 4 is 5.91 Å². The number of rotatable bonds is 7. The summed E-state index contributed by atoms with van der Waals surface area (Å²) in [4.78, 5) is 11.6. The maximum absolute atomic E-state index is 11.6. The molecule has 1 aromatic rings. The van der Waals surface area contributed by atoms with Crippen molar-refractivity contribution < 1.29 is 14.6 Å². The average Bonchev–Trinajstić information content (AvgIpc) is 2.35. The summed E-state index contributed by atoms with van der Waals surface area (Å²) in [6, 6.07) is 5.92. The molecule has 2 N–H and O–H groups in total. The minimum absolute atomic E-state index is 0.0268. The van der Waals surface area contributed by atoms with Crippen molar-refractivity contribution in [3.05, 3.63) is 29.3 Å². The van der Waals surface area contributed by atoms with Gasteiger partial charge in [0.15, 0.2) is 6.61 Å². The zero-order chi connectivity index (χ0) is 14.3. The Morgan fingerprint density at radius 3 is 2.84 bits per heavy atom. The third kappa shape index (κ3) is 6.25. The molecule has 1 unspecified atom stereocenters. The second-order valence-electron chi connectivity index (χ2n) is 4.90. The quantitative estimate of drug-likeness (QED) is 0.741. The van der Waals surface area contributed by atoms with Crippen molar-refractivity contribution in [1.82, 2.24) is 5.32 Å². The van der Waals surface area contributed by atoms with Gasteiger partial charge >= 0.3 is 0 Å². The maximum atomic E-state index is 11.6. The van der Waals surface area contributed by atoms with E-state index >= 15 is 0 Å². The molecule has 0 saturated carbocycles. The van der Waals surface area contributed by atoms with Crippen molar-refractivity contribution in [2.24, 2.45) is 0 Å². The number of hydrogen-bond acceptors (Lipinski definition) is 3. The van der Waals surface area contributed by atoms with E-state index < -0.39 is 0 Å². The number of hydrogen-bond donors (Lipinski definition) is 2. The molecule has 4 nitrogen and oxygen atoms in total. The van der Waals surface area contributed by atoms with E-state index in [2.05, 4.69) is 5.32 Å². The van der Waals surface area contributed by atoms with Gasteiger partial charge in [-0.3, -0.25) is 4.79 Å². The van der Waals surface area contributed by atoms with Gasteiger partial charge in [-0.2, -0.15) is 0 Å². The van der Waals surface area contributed by atoms with Crippen LogP contribution in [-0.4, -0.2) is 30.3 Å². The summed E-state index contributed by atoms with van der Waals surface area (Å²) in [5.41, 5.74) is 2.13. The first kappa shape index (κ1) is 15.5. The minimum Gasteiger partial charge on any atom is -0.483 e. The topological polar surface area (TPSA) is 58.6 Å². The Hall–Kier alpha value is -1.55. The van der Waals surface area contributed by atoms with Crippen molar-refractivity contribution in [3.8, 4) is 5.75 Å². The molecule has 1 amide bonds. The van der Waals surface area contributed by atoms with E-state index in [-0.39, 0.29) is 18.6 Å². The summed E-state index contributed by atoms with van der Waals surface area (Å²) in [6.45, 7) is 6.28. The van der Waals surface area contributed by atoms with Gasteiger partial charge in [-0.25, -0.2) is 0 Å². The molecule has 0 aromatic heterocycles. The summed E-state index contributed by atoms with van der Waals surface area (Å²) >= 11 is 0. The van der Waals surface area contributed by atoms with Crippen molar-refractivity contribution in [2.75, 3.05) is 13.2 Å². The molecular weight excluding hydrogens is 242 g/mol. The molecule has 19 heavy (non-hydrogen) atoms. The molecule has 0 spiro atoms. The van der Waals surface area contributed by atoms with Crippen LogP contribution in [-0.2, 0) is 4.79 Å². The lowest BCUT2D eigenvalue weighted by Gasteiger charge is -2.10.